The van der Waals surface area contributed by atoms with Crippen molar-refractivity contribution in [1.29, 1.82) is 0 Å². The fraction of sp³-hybridized carbons (Fsp3) is 0.111. The second kappa shape index (κ2) is 7.98. The van der Waals surface area contributed by atoms with E-state index in [2.05, 4.69) is 4.52 Å². The summed E-state index contributed by atoms with van der Waals surface area (Å²) in [4.78, 5) is 20.4. The van der Waals surface area contributed by atoms with Gasteiger partial charge in [0.15, 0.2) is 0 Å². The number of aryl methyl sites for hydroxylation is 1. The summed E-state index contributed by atoms with van der Waals surface area (Å²) >= 11 is 14.8. The summed E-state index contributed by atoms with van der Waals surface area (Å²) in [6.07, 6.45) is 0. The molecule has 0 aromatic heterocycles. The first-order valence-corrected chi connectivity index (χ1v) is 6.80. The molecule has 96 valence electrons. The lowest BCUT2D eigenvalue weighted by Crippen LogP contribution is -2.18. The molecule has 0 heterocycles. The highest BCUT2D eigenvalue weighted by atomic mass is 35.5. The molecule has 8 heteroatoms. The Balaban J connectivity index is 0.000000437. The van der Waals surface area contributed by atoms with Crippen LogP contribution in [0.4, 0.5) is 0 Å². The average molecular weight is 317 g/mol. The number of hydrogen-bond donors (Lipinski definition) is 0. The summed E-state index contributed by atoms with van der Waals surface area (Å²) in [5, 5.41) is 0. The van der Waals surface area contributed by atoms with Gasteiger partial charge < -0.3 is 18.9 Å². The minimum atomic E-state index is -4.91. The number of hydrogen-bond acceptors (Lipinski definition) is 4. The fourth-order valence-corrected chi connectivity index (χ4v) is 1.23. The Morgan fingerprint density at radius 2 is 1.82 bits per heavy atom. The van der Waals surface area contributed by atoms with Gasteiger partial charge in [0.05, 0.1) is 0 Å². The van der Waals surface area contributed by atoms with Gasteiger partial charge in [-0.1, -0.05) is 53.0 Å². The summed E-state index contributed by atoms with van der Waals surface area (Å²) in [7, 11) is -4.91. The number of benzene rings is 1. The molecule has 0 radical (unpaired) electrons. The maximum Gasteiger partial charge on any atom is 0.127 e. The molecule has 17 heavy (non-hydrogen) atoms. The van der Waals surface area contributed by atoms with E-state index in [0.29, 0.717) is 5.56 Å². The van der Waals surface area contributed by atoms with Crippen molar-refractivity contribution in [2.45, 2.75) is 6.92 Å². The van der Waals surface area contributed by atoms with Crippen LogP contribution in [0.1, 0.15) is 5.56 Å². The first-order chi connectivity index (χ1) is 7.76. The average Bonchev–Trinajstić information content (AvgIpc) is 2.20. The fourth-order valence-electron chi connectivity index (χ4n) is 0.779. The van der Waals surface area contributed by atoms with Crippen LogP contribution in [0, 0.1) is 6.92 Å². The molecule has 0 amide bonds. The lowest BCUT2D eigenvalue weighted by molar-refractivity contribution is -0.333. The Labute approximate surface area is 114 Å². The number of phosphoric ester groups is 1. The van der Waals surface area contributed by atoms with E-state index in [-0.39, 0.29) is 10.2 Å². The van der Waals surface area contributed by atoms with E-state index in [0.717, 1.165) is 5.54 Å². The molecule has 1 aromatic carbocycles. The van der Waals surface area contributed by atoms with Gasteiger partial charge in [-0.2, -0.15) is 0 Å². The van der Waals surface area contributed by atoms with E-state index >= 15 is 0 Å². The Morgan fingerprint density at radius 1 is 1.35 bits per heavy atom. The highest BCUT2D eigenvalue weighted by Gasteiger charge is 1.98. The van der Waals surface area contributed by atoms with E-state index in [4.69, 9.17) is 34.8 Å². The Bertz CT molecular complexity index is 426. The zero-order valence-corrected chi connectivity index (χ0v) is 11.8. The van der Waals surface area contributed by atoms with Crippen molar-refractivity contribution >= 4 is 42.6 Å². The van der Waals surface area contributed by atoms with Gasteiger partial charge in [-0.05, 0) is 18.6 Å². The van der Waals surface area contributed by atoms with Crippen LogP contribution in [0.25, 0.3) is 0 Å². The third-order valence-electron chi connectivity index (χ3n) is 1.39. The number of halogens is 3. The molecule has 1 aromatic rings. The molecule has 0 unspecified atom stereocenters. The van der Waals surface area contributed by atoms with Crippen LogP contribution >= 0.6 is 42.6 Å². The minimum Gasteiger partial charge on any atom is -0.780 e. The van der Waals surface area contributed by atoms with Crippen molar-refractivity contribution in [2.24, 2.45) is 0 Å². The van der Waals surface area contributed by atoms with Crippen LogP contribution in [0.2, 0.25) is 0 Å². The molecule has 0 atom stereocenters. The SMILES string of the molecule is Cc1ccccc1OP(=O)([O-])[O-].ClC=C(Cl)Cl. The quantitative estimate of drug-likeness (QED) is 0.786. The molecule has 0 fully saturated rings. The van der Waals surface area contributed by atoms with Gasteiger partial charge in [0.1, 0.15) is 18.1 Å². The van der Waals surface area contributed by atoms with E-state index in [9.17, 15) is 14.4 Å². The molecular weight excluding hydrogens is 309 g/mol. The van der Waals surface area contributed by atoms with Crippen molar-refractivity contribution in [3.8, 4) is 5.75 Å². The van der Waals surface area contributed by atoms with Crippen LogP contribution in [0.3, 0.4) is 0 Å². The van der Waals surface area contributed by atoms with Crippen molar-refractivity contribution in [3.63, 3.8) is 0 Å². The van der Waals surface area contributed by atoms with Gasteiger partial charge in [0.25, 0.3) is 0 Å². The van der Waals surface area contributed by atoms with E-state index in [1.54, 1.807) is 25.1 Å². The van der Waals surface area contributed by atoms with Gasteiger partial charge in [-0.3, -0.25) is 0 Å². The van der Waals surface area contributed by atoms with Gasteiger partial charge in [0, 0.05) is 5.54 Å². The summed E-state index contributed by atoms with van der Waals surface area (Å²) in [6, 6.07) is 6.41. The molecular formula is C9H8Cl3O4P-2. The molecule has 0 aliphatic rings. The number of phosphoric acid groups is 1. The molecule has 0 saturated heterocycles. The molecule has 0 spiro atoms. The molecule has 1 rings (SSSR count). The summed E-state index contributed by atoms with van der Waals surface area (Å²) in [6.45, 7) is 1.66. The predicted molar refractivity (Wildman–Crippen MR) is 65.1 cm³/mol. The smallest absolute Gasteiger partial charge is 0.127 e. The van der Waals surface area contributed by atoms with Gasteiger partial charge in [-0.25, -0.2) is 0 Å². The Hall–Kier alpha value is -0.220. The maximum absolute atomic E-state index is 10.2. The largest absolute Gasteiger partial charge is 0.780 e. The van der Waals surface area contributed by atoms with E-state index in [1.165, 1.54) is 6.07 Å². The molecule has 4 nitrogen and oxygen atoms in total. The molecule has 0 aliphatic heterocycles. The number of rotatable bonds is 2. The van der Waals surface area contributed by atoms with Gasteiger partial charge in [0.2, 0.25) is 0 Å². The molecule has 0 aliphatic carbocycles. The van der Waals surface area contributed by atoms with Crippen molar-refractivity contribution in [3.05, 3.63) is 39.9 Å². The van der Waals surface area contributed by atoms with E-state index in [1.807, 2.05) is 0 Å². The summed E-state index contributed by atoms with van der Waals surface area (Å²) < 4.78 is 14.5. The van der Waals surface area contributed by atoms with Crippen molar-refractivity contribution < 1.29 is 18.9 Å². The van der Waals surface area contributed by atoms with Gasteiger partial charge in [-0.15, -0.1) is 0 Å². The van der Waals surface area contributed by atoms with Crippen LogP contribution in [-0.4, -0.2) is 0 Å². The zero-order valence-electron chi connectivity index (χ0n) is 8.60. The summed E-state index contributed by atoms with van der Waals surface area (Å²) in [5.41, 5.74) is 1.70. The normalized spacial score (nSPS) is 10.0. The molecule has 0 saturated carbocycles. The maximum atomic E-state index is 10.2. The van der Waals surface area contributed by atoms with Crippen molar-refractivity contribution in [2.75, 3.05) is 0 Å². The zero-order chi connectivity index (χ0) is 13.5. The predicted octanol–water partition coefficient (Wildman–Crippen LogP) is 2.70. The standard InChI is InChI=1S/C7H9O4P.C2HCl3/c1-6-4-2-3-5-7(6)11-12(8,9)10;3-1-2(4)5/h2-5H,1H3,(H2,8,9,10);1H/p-2. The third-order valence-corrected chi connectivity index (χ3v) is 2.47. The third kappa shape index (κ3) is 9.48. The lowest BCUT2D eigenvalue weighted by Gasteiger charge is -2.29. The second-order valence-corrected chi connectivity index (χ2v) is 5.01. The minimum absolute atomic E-state index is 0.0887. The van der Waals surface area contributed by atoms with Crippen LogP contribution in [0.15, 0.2) is 34.3 Å². The highest BCUT2D eigenvalue weighted by Crippen LogP contribution is 2.30. The van der Waals surface area contributed by atoms with Crippen LogP contribution < -0.4 is 14.3 Å². The molecule has 0 bridgehead atoms. The molecule has 0 N–H and O–H groups in total. The second-order valence-electron chi connectivity index (χ2n) is 2.70. The Morgan fingerprint density at radius 3 is 2.18 bits per heavy atom. The first-order valence-electron chi connectivity index (χ1n) is 4.15. The van der Waals surface area contributed by atoms with Crippen LogP contribution in [0.5, 0.6) is 5.75 Å². The van der Waals surface area contributed by atoms with Crippen molar-refractivity contribution in [1.82, 2.24) is 0 Å². The number of para-hydroxylation sites is 1. The topological polar surface area (TPSA) is 72.4 Å². The van der Waals surface area contributed by atoms with E-state index < -0.39 is 7.82 Å². The summed E-state index contributed by atoms with van der Waals surface area (Å²) in [5.74, 6) is 0.0887. The lowest BCUT2D eigenvalue weighted by atomic mass is 10.2. The first kappa shape index (κ1) is 16.8. The highest BCUT2D eigenvalue weighted by molar-refractivity contribution is 7.43. The monoisotopic (exact) mass is 316 g/mol. The van der Waals surface area contributed by atoms with Crippen LogP contribution in [-0.2, 0) is 4.57 Å². The van der Waals surface area contributed by atoms with Gasteiger partial charge >= 0.3 is 0 Å². The Kier molecular flexibility index (Phi) is 7.88.